The van der Waals surface area contributed by atoms with E-state index in [0.29, 0.717) is 16.7 Å². The van der Waals surface area contributed by atoms with Crippen molar-refractivity contribution in [2.24, 2.45) is 10.7 Å². The number of amides is 1. The van der Waals surface area contributed by atoms with Crippen molar-refractivity contribution in [2.75, 3.05) is 7.05 Å². The first kappa shape index (κ1) is 22.0. The molecule has 1 unspecified atom stereocenters. The Morgan fingerprint density at radius 2 is 1.88 bits per heavy atom. The van der Waals surface area contributed by atoms with Gasteiger partial charge in [0.05, 0.1) is 11.3 Å². The van der Waals surface area contributed by atoms with E-state index in [1.165, 1.54) is 7.05 Å². The highest BCUT2D eigenvalue weighted by Crippen LogP contribution is 2.41. The minimum Gasteiger partial charge on any atom is -0.369 e. The Hall–Kier alpha value is -4.19. The van der Waals surface area contributed by atoms with Crippen LogP contribution in [0.15, 0.2) is 66.0 Å². The molecule has 1 aliphatic heterocycles. The fourth-order valence-corrected chi connectivity index (χ4v) is 3.68. The minimum atomic E-state index is -4.62. The van der Waals surface area contributed by atoms with Crippen LogP contribution in [0.4, 0.5) is 13.2 Å². The van der Waals surface area contributed by atoms with E-state index in [9.17, 15) is 18.0 Å². The van der Waals surface area contributed by atoms with E-state index in [0.717, 1.165) is 28.8 Å². The molecule has 6 nitrogen and oxygen atoms in total. The molecule has 0 saturated heterocycles. The summed E-state index contributed by atoms with van der Waals surface area (Å²) in [5.74, 6) is 5.02. The molecule has 9 heteroatoms. The van der Waals surface area contributed by atoms with Crippen molar-refractivity contribution >= 4 is 11.9 Å². The summed E-state index contributed by atoms with van der Waals surface area (Å²) in [4.78, 5) is 27.1. The third kappa shape index (κ3) is 3.80. The Labute approximate surface area is 188 Å². The number of carbonyl (C=O) groups is 1. The SMILES string of the molecule is CC#Cc1cncc(-c2cccc(C3(c4cc(C(F)(F)F)ccn4)N=C(N)N(C)C3=O)c2)c1. The lowest BCUT2D eigenvalue weighted by Crippen LogP contribution is -2.41. The number of benzene rings is 1. The number of likely N-dealkylation sites (N-methyl/N-ethyl adjacent to an activating group) is 1. The standard InChI is InChI=1S/C24H18F3N5O/c1-3-5-15-10-17(14-29-13-15)16-6-4-7-18(11-16)23(21(33)32(2)22(28)31-23)20-12-19(8-9-30-20)24(25,26)27/h4,6-14H,1-2H3,(H2,28,31). The zero-order chi connectivity index (χ0) is 23.8. The number of aromatic nitrogens is 2. The summed E-state index contributed by atoms with van der Waals surface area (Å²) in [6.07, 6.45) is -0.346. The first-order valence-electron chi connectivity index (χ1n) is 9.83. The van der Waals surface area contributed by atoms with Crippen LogP contribution in [-0.2, 0) is 16.5 Å². The van der Waals surface area contributed by atoms with Crippen molar-refractivity contribution in [1.29, 1.82) is 0 Å². The maximum atomic E-state index is 13.4. The molecule has 2 N–H and O–H groups in total. The van der Waals surface area contributed by atoms with Gasteiger partial charge in [-0.25, -0.2) is 4.99 Å². The molecule has 0 saturated carbocycles. The number of pyridine rings is 2. The molecule has 2 aromatic heterocycles. The fraction of sp³-hybridized carbons (Fsp3) is 0.167. The zero-order valence-corrected chi connectivity index (χ0v) is 17.7. The van der Waals surface area contributed by atoms with Crippen LogP contribution < -0.4 is 5.73 Å². The Bertz CT molecular complexity index is 1340. The average Bonchev–Trinajstić information content (AvgIpc) is 3.04. The van der Waals surface area contributed by atoms with Crippen LogP contribution in [0.5, 0.6) is 0 Å². The molecule has 166 valence electrons. The van der Waals surface area contributed by atoms with Crippen molar-refractivity contribution in [1.82, 2.24) is 14.9 Å². The number of alkyl halides is 3. The summed E-state index contributed by atoms with van der Waals surface area (Å²) < 4.78 is 40.3. The average molecular weight is 449 g/mol. The molecule has 0 aliphatic carbocycles. The van der Waals surface area contributed by atoms with E-state index < -0.39 is 23.2 Å². The second-order valence-electron chi connectivity index (χ2n) is 7.39. The van der Waals surface area contributed by atoms with E-state index in [2.05, 4.69) is 26.8 Å². The zero-order valence-electron chi connectivity index (χ0n) is 17.7. The molecule has 0 radical (unpaired) electrons. The Balaban J connectivity index is 1.93. The summed E-state index contributed by atoms with van der Waals surface area (Å²) in [7, 11) is 1.41. The second kappa shape index (κ2) is 8.06. The smallest absolute Gasteiger partial charge is 0.369 e. The molecule has 3 aromatic rings. The molecule has 3 heterocycles. The van der Waals surface area contributed by atoms with Gasteiger partial charge in [-0.05, 0) is 42.3 Å². The number of carbonyl (C=O) groups excluding carboxylic acids is 1. The van der Waals surface area contributed by atoms with E-state index in [4.69, 9.17) is 5.73 Å². The number of guanidine groups is 1. The summed E-state index contributed by atoms with van der Waals surface area (Å²) in [6, 6.07) is 10.3. The highest BCUT2D eigenvalue weighted by atomic mass is 19.4. The lowest BCUT2D eigenvalue weighted by atomic mass is 9.84. The number of hydrogen-bond acceptors (Lipinski definition) is 5. The van der Waals surface area contributed by atoms with Gasteiger partial charge in [0.2, 0.25) is 5.54 Å². The van der Waals surface area contributed by atoms with E-state index in [1.807, 2.05) is 6.07 Å². The van der Waals surface area contributed by atoms with Crippen LogP contribution in [0.2, 0.25) is 0 Å². The molecule has 4 rings (SSSR count). The molecule has 33 heavy (non-hydrogen) atoms. The highest BCUT2D eigenvalue weighted by Gasteiger charge is 2.51. The molecule has 0 bridgehead atoms. The van der Waals surface area contributed by atoms with Crippen LogP contribution >= 0.6 is 0 Å². The molecule has 1 aromatic carbocycles. The molecular formula is C24H18F3N5O. The van der Waals surface area contributed by atoms with Crippen LogP contribution in [0.1, 0.15) is 29.3 Å². The van der Waals surface area contributed by atoms with E-state index in [1.54, 1.807) is 43.6 Å². The summed E-state index contributed by atoms with van der Waals surface area (Å²) in [6.45, 7) is 1.71. The maximum Gasteiger partial charge on any atom is 0.416 e. The monoisotopic (exact) mass is 449 g/mol. The summed E-state index contributed by atoms with van der Waals surface area (Å²) >= 11 is 0. The van der Waals surface area contributed by atoms with Gasteiger partial charge in [-0.15, -0.1) is 5.92 Å². The molecule has 0 fully saturated rings. The topological polar surface area (TPSA) is 84.5 Å². The summed E-state index contributed by atoms with van der Waals surface area (Å²) in [5.41, 5.74) is 5.40. The van der Waals surface area contributed by atoms with Crippen molar-refractivity contribution in [3.8, 4) is 23.0 Å². The molecule has 0 spiro atoms. The van der Waals surface area contributed by atoms with E-state index in [-0.39, 0.29) is 11.7 Å². The van der Waals surface area contributed by atoms with Crippen molar-refractivity contribution in [3.05, 3.63) is 83.4 Å². The first-order chi connectivity index (χ1) is 15.7. The number of aliphatic imine (C=N–C) groups is 1. The van der Waals surface area contributed by atoms with Gasteiger partial charge >= 0.3 is 6.18 Å². The van der Waals surface area contributed by atoms with Crippen LogP contribution in [-0.4, -0.2) is 33.8 Å². The minimum absolute atomic E-state index is 0.119. The fourth-order valence-electron chi connectivity index (χ4n) is 3.68. The Morgan fingerprint density at radius 3 is 2.55 bits per heavy atom. The van der Waals surface area contributed by atoms with Gasteiger partial charge in [-0.3, -0.25) is 19.7 Å². The van der Waals surface area contributed by atoms with E-state index >= 15 is 0 Å². The van der Waals surface area contributed by atoms with Gasteiger partial charge in [0.25, 0.3) is 5.91 Å². The third-order valence-electron chi connectivity index (χ3n) is 5.32. The number of hydrogen-bond donors (Lipinski definition) is 1. The second-order valence-corrected chi connectivity index (χ2v) is 7.39. The lowest BCUT2D eigenvalue weighted by Gasteiger charge is -2.26. The van der Waals surface area contributed by atoms with Gasteiger partial charge in [0, 0.05) is 36.8 Å². The van der Waals surface area contributed by atoms with Crippen molar-refractivity contribution in [2.45, 2.75) is 18.6 Å². The maximum absolute atomic E-state index is 13.4. The molecule has 1 amide bonds. The van der Waals surface area contributed by atoms with Gasteiger partial charge < -0.3 is 5.73 Å². The van der Waals surface area contributed by atoms with Crippen LogP contribution in [0.25, 0.3) is 11.1 Å². The Morgan fingerprint density at radius 1 is 1.09 bits per heavy atom. The molecular weight excluding hydrogens is 431 g/mol. The molecule has 1 aliphatic rings. The van der Waals surface area contributed by atoms with Gasteiger partial charge in [0.15, 0.2) is 5.96 Å². The van der Waals surface area contributed by atoms with Gasteiger partial charge in [-0.1, -0.05) is 24.1 Å². The number of rotatable bonds is 3. The highest BCUT2D eigenvalue weighted by molar-refractivity contribution is 6.08. The molecule has 1 atom stereocenters. The predicted octanol–water partition coefficient (Wildman–Crippen LogP) is 3.56. The van der Waals surface area contributed by atoms with Crippen molar-refractivity contribution in [3.63, 3.8) is 0 Å². The Kier molecular flexibility index (Phi) is 5.38. The number of nitrogens with zero attached hydrogens (tertiary/aromatic N) is 4. The van der Waals surface area contributed by atoms with Gasteiger partial charge in [0.1, 0.15) is 0 Å². The largest absolute Gasteiger partial charge is 0.416 e. The quantitative estimate of drug-likeness (QED) is 0.620. The normalized spacial score (nSPS) is 18.0. The first-order valence-corrected chi connectivity index (χ1v) is 9.83. The van der Waals surface area contributed by atoms with Crippen molar-refractivity contribution < 1.29 is 18.0 Å². The van der Waals surface area contributed by atoms with Crippen LogP contribution in [0, 0.1) is 11.8 Å². The number of nitrogens with two attached hydrogens (primary N) is 1. The number of halogens is 3. The summed E-state index contributed by atoms with van der Waals surface area (Å²) in [5, 5.41) is 0. The third-order valence-corrected chi connectivity index (χ3v) is 5.32. The predicted molar refractivity (Wildman–Crippen MR) is 117 cm³/mol. The van der Waals surface area contributed by atoms with Crippen LogP contribution in [0.3, 0.4) is 0 Å². The lowest BCUT2D eigenvalue weighted by molar-refractivity contribution is -0.138. The van der Waals surface area contributed by atoms with Gasteiger partial charge in [-0.2, -0.15) is 13.2 Å².